The Balaban J connectivity index is 1.74. The number of para-hydroxylation sites is 1. The molecular weight excluding hydrogens is 512 g/mol. The summed E-state index contributed by atoms with van der Waals surface area (Å²) >= 11 is 0. The molecule has 1 N–H and O–H groups in total. The Morgan fingerprint density at radius 1 is 0.872 bits per heavy atom. The fourth-order valence-corrected chi connectivity index (χ4v) is 5.77. The molecular formula is C31H32N2O5S. The highest BCUT2D eigenvalue weighted by atomic mass is 32.2. The molecule has 0 spiro atoms. The van der Waals surface area contributed by atoms with Gasteiger partial charge in [0, 0.05) is 5.56 Å². The van der Waals surface area contributed by atoms with Crippen molar-refractivity contribution in [2.75, 3.05) is 18.5 Å². The minimum Gasteiger partial charge on any atom is -0.497 e. The van der Waals surface area contributed by atoms with E-state index in [1.54, 1.807) is 80.9 Å². The Morgan fingerprint density at radius 3 is 2.21 bits per heavy atom. The lowest BCUT2D eigenvalue weighted by molar-refractivity contribution is 0.0940. The number of benzene rings is 4. The molecule has 0 aliphatic carbocycles. The first-order chi connectivity index (χ1) is 18.7. The van der Waals surface area contributed by atoms with Crippen LogP contribution in [0.1, 0.15) is 40.0 Å². The second-order valence-corrected chi connectivity index (χ2v) is 11.0. The zero-order valence-electron chi connectivity index (χ0n) is 22.4. The van der Waals surface area contributed by atoms with E-state index < -0.39 is 22.0 Å². The Kier molecular flexibility index (Phi) is 8.56. The van der Waals surface area contributed by atoms with Gasteiger partial charge in [0.1, 0.15) is 11.5 Å². The summed E-state index contributed by atoms with van der Waals surface area (Å²) in [6, 6.07) is 27.6. The van der Waals surface area contributed by atoms with E-state index in [2.05, 4.69) is 5.32 Å². The number of ether oxygens (including phenoxy) is 2. The minimum absolute atomic E-state index is 0.0562. The molecule has 0 bridgehead atoms. The first kappa shape index (κ1) is 27.7. The van der Waals surface area contributed by atoms with E-state index in [4.69, 9.17) is 9.47 Å². The smallest absolute Gasteiger partial charge is 0.264 e. The van der Waals surface area contributed by atoms with E-state index in [9.17, 15) is 13.2 Å². The van der Waals surface area contributed by atoms with Crippen LogP contribution in [-0.4, -0.2) is 28.5 Å². The molecule has 0 aliphatic heterocycles. The summed E-state index contributed by atoms with van der Waals surface area (Å²) in [5.41, 5.74) is 2.99. The summed E-state index contributed by atoms with van der Waals surface area (Å²) < 4.78 is 40.1. The van der Waals surface area contributed by atoms with Gasteiger partial charge >= 0.3 is 0 Å². The quantitative estimate of drug-likeness (QED) is 0.269. The molecule has 1 unspecified atom stereocenters. The van der Waals surface area contributed by atoms with Crippen molar-refractivity contribution in [3.8, 4) is 11.5 Å². The standard InChI is InChI=1S/C31H32N2O5S/c1-22-14-17-26(18-15-22)39(35,36)33(21-24-10-6-5-7-11-24)29-13-9-8-12-27(29)31(34)32-23(2)28-20-25(37-3)16-19-30(28)38-4/h5-20,23H,21H2,1-4H3,(H,32,34). The molecule has 0 heterocycles. The summed E-state index contributed by atoms with van der Waals surface area (Å²) in [6.45, 7) is 3.79. The third-order valence-electron chi connectivity index (χ3n) is 6.45. The predicted molar refractivity (Wildman–Crippen MR) is 153 cm³/mol. The van der Waals surface area contributed by atoms with Crippen LogP contribution in [0.5, 0.6) is 11.5 Å². The number of methoxy groups -OCH3 is 2. The first-order valence-corrected chi connectivity index (χ1v) is 13.9. The van der Waals surface area contributed by atoms with Crippen LogP contribution < -0.4 is 19.1 Å². The number of aryl methyl sites for hydroxylation is 1. The van der Waals surface area contributed by atoms with Crippen molar-refractivity contribution in [3.05, 3.63) is 119 Å². The number of anilines is 1. The van der Waals surface area contributed by atoms with E-state index in [1.807, 2.05) is 44.2 Å². The van der Waals surface area contributed by atoms with Gasteiger partial charge in [-0.25, -0.2) is 8.42 Å². The van der Waals surface area contributed by atoms with Crippen molar-refractivity contribution in [1.29, 1.82) is 0 Å². The highest BCUT2D eigenvalue weighted by Crippen LogP contribution is 2.32. The van der Waals surface area contributed by atoms with Crippen LogP contribution in [0.3, 0.4) is 0 Å². The fourth-order valence-electron chi connectivity index (χ4n) is 4.30. The summed E-state index contributed by atoms with van der Waals surface area (Å²) in [6.07, 6.45) is 0. The maximum absolute atomic E-state index is 14.0. The second kappa shape index (κ2) is 12.0. The summed E-state index contributed by atoms with van der Waals surface area (Å²) in [5, 5.41) is 3.00. The van der Waals surface area contributed by atoms with E-state index in [-0.39, 0.29) is 22.7 Å². The van der Waals surface area contributed by atoms with E-state index >= 15 is 0 Å². The van der Waals surface area contributed by atoms with Crippen LogP contribution in [0.2, 0.25) is 0 Å². The molecule has 0 aromatic heterocycles. The molecule has 39 heavy (non-hydrogen) atoms. The number of rotatable bonds is 10. The molecule has 0 saturated carbocycles. The van der Waals surface area contributed by atoms with E-state index in [0.717, 1.165) is 16.7 Å². The van der Waals surface area contributed by atoms with Gasteiger partial charge < -0.3 is 14.8 Å². The van der Waals surface area contributed by atoms with Gasteiger partial charge in [-0.05, 0) is 61.9 Å². The Hall–Kier alpha value is -4.30. The van der Waals surface area contributed by atoms with Crippen molar-refractivity contribution < 1.29 is 22.7 Å². The monoisotopic (exact) mass is 544 g/mol. The van der Waals surface area contributed by atoms with Crippen LogP contribution in [0.25, 0.3) is 0 Å². The van der Waals surface area contributed by atoms with E-state index in [1.165, 1.54) is 4.31 Å². The topological polar surface area (TPSA) is 84.9 Å². The van der Waals surface area contributed by atoms with Crippen LogP contribution in [0, 0.1) is 6.92 Å². The zero-order valence-corrected chi connectivity index (χ0v) is 23.2. The first-order valence-electron chi connectivity index (χ1n) is 12.5. The Labute approximate surface area is 230 Å². The fraction of sp³-hybridized carbons (Fsp3) is 0.194. The van der Waals surface area contributed by atoms with Gasteiger partial charge in [-0.15, -0.1) is 0 Å². The maximum Gasteiger partial charge on any atom is 0.264 e. The lowest BCUT2D eigenvalue weighted by Gasteiger charge is -2.27. The summed E-state index contributed by atoms with van der Waals surface area (Å²) in [4.78, 5) is 13.8. The number of hydrogen-bond acceptors (Lipinski definition) is 5. The summed E-state index contributed by atoms with van der Waals surface area (Å²) in [7, 11) is -0.876. The number of nitrogens with zero attached hydrogens (tertiary/aromatic N) is 1. The maximum atomic E-state index is 14.0. The predicted octanol–water partition coefficient (Wildman–Crippen LogP) is 5.90. The van der Waals surface area contributed by atoms with Gasteiger partial charge in [-0.3, -0.25) is 9.10 Å². The Bertz CT molecular complexity index is 1540. The molecule has 7 nitrogen and oxygen atoms in total. The number of carbonyl (C=O) groups excluding carboxylic acids is 1. The largest absolute Gasteiger partial charge is 0.497 e. The molecule has 1 amide bonds. The van der Waals surface area contributed by atoms with Gasteiger partial charge in [-0.1, -0.05) is 60.2 Å². The van der Waals surface area contributed by atoms with Gasteiger partial charge in [0.05, 0.1) is 43.0 Å². The molecule has 0 fully saturated rings. The van der Waals surface area contributed by atoms with Crippen molar-refractivity contribution in [2.24, 2.45) is 0 Å². The van der Waals surface area contributed by atoms with Crippen molar-refractivity contribution in [1.82, 2.24) is 5.32 Å². The SMILES string of the molecule is COc1ccc(OC)c(C(C)NC(=O)c2ccccc2N(Cc2ccccc2)S(=O)(=O)c2ccc(C)cc2)c1. The molecule has 0 radical (unpaired) electrons. The van der Waals surface area contributed by atoms with Gasteiger partial charge in [0.15, 0.2) is 0 Å². The molecule has 0 aliphatic rings. The number of sulfonamides is 1. The highest BCUT2D eigenvalue weighted by molar-refractivity contribution is 7.92. The molecule has 4 aromatic carbocycles. The second-order valence-electron chi connectivity index (χ2n) is 9.13. The molecule has 4 aromatic rings. The average Bonchev–Trinajstić information content (AvgIpc) is 2.96. The van der Waals surface area contributed by atoms with Crippen LogP contribution in [0.15, 0.2) is 102 Å². The number of nitrogens with one attached hydrogen (secondary N) is 1. The van der Waals surface area contributed by atoms with Crippen molar-refractivity contribution in [3.63, 3.8) is 0 Å². The third kappa shape index (κ3) is 6.23. The Morgan fingerprint density at radius 2 is 1.54 bits per heavy atom. The summed E-state index contributed by atoms with van der Waals surface area (Å²) in [5.74, 6) is 0.815. The average molecular weight is 545 g/mol. The third-order valence-corrected chi connectivity index (χ3v) is 8.22. The van der Waals surface area contributed by atoms with Crippen LogP contribution >= 0.6 is 0 Å². The number of amides is 1. The van der Waals surface area contributed by atoms with Gasteiger partial charge in [0.25, 0.3) is 15.9 Å². The molecule has 1 atom stereocenters. The number of hydrogen-bond donors (Lipinski definition) is 1. The molecule has 4 rings (SSSR count). The zero-order chi connectivity index (χ0) is 28.0. The molecule has 202 valence electrons. The lowest BCUT2D eigenvalue weighted by Crippen LogP contribution is -2.34. The van der Waals surface area contributed by atoms with Crippen LogP contribution in [-0.2, 0) is 16.6 Å². The van der Waals surface area contributed by atoms with Gasteiger partial charge in [0.2, 0.25) is 0 Å². The van der Waals surface area contributed by atoms with Crippen molar-refractivity contribution in [2.45, 2.75) is 31.3 Å². The normalized spacial score (nSPS) is 11.9. The highest BCUT2D eigenvalue weighted by Gasteiger charge is 2.29. The number of carbonyl (C=O) groups is 1. The minimum atomic E-state index is -4.01. The molecule has 8 heteroatoms. The van der Waals surface area contributed by atoms with E-state index in [0.29, 0.717) is 11.5 Å². The lowest BCUT2D eigenvalue weighted by atomic mass is 10.1. The van der Waals surface area contributed by atoms with Crippen LogP contribution in [0.4, 0.5) is 5.69 Å². The van der Waals surface area contributed by atoms with Crippen molar-refractivity contribution >= 4 is 21.6 Å². The van der Waals surface area contributed by atoms with Gasteiger partial charge in [-0.2, -0.15) is 0 Å². The molecule has 0 saturated heterocycles.